The lowest BCUT2D eigenvalue weighted by Crippen LogP contribution is -2.33. The van der Waals surface area contributed by atoms with Gasteiger partial charge >= 0.3 is 0 Å². The molecule has 1 saturated heterocycles. The second-order valence-electron chi connectivity index (χ2n) is 11.0. The van der Waals surface area contributed by atoms with E-state index in [0.717, 1.165) is 17.4 Å². The smallest absolute Gasteiger partial charge is 0.243 e. The Morgan fingerprint density at radius 3 is 2.07 bits per heavy atom. The Bertz CT molecular complexity index is 1250. The monoisotopic (exact) mass is 588 g/mol. The van der Waals surface area contributed by atoms with Crippen molar-refractivity contribution in [3.63, 3.8) is 0 Å². The van der Waals surface area contributed by atoms with E-state index in [4.69, 9.17) is 4.74 Å². The summed E-state index contributed by atoms with van der Waals surface area (Å²) in [5, 5.41) is 0. The Labute approximate surface area is 247 Å². The maximum atomic E-state index is 12.6. The molecule has 41 heavy (non-hydrogen) atoms. The van der Waals surface area contributed by atoms with Crippen molar-refractivity contribution in [2.45, 2.75) is 64.4 Å². The number of Topliss-reactive ketones (excluding diaryl/α,β-unsaturated/α-hetero) is 1. The van der Waals surface area contributed by atoms with Crippen LogP contribution in [0.1, 0.15) is 49.8 Å². The number of amides is 1. The Balaban J connectivity index is 0.000000287. The minimum absolute atomic E-state index is 0.0765. The van der Waals surface area contributed by atoms with Gasteiger partial charge in [-0.15, -0.1) is 0 Å². The zero-order valence-corrected chi connectivity index (χ0v) is 27.0. The summed E-state index contributed by atoms with van der Waals surface area (Å²) in [5.74, 6) is 0.642. The SMILES string of the molecule is CC(=O)N(C)Cc1ccc(N2CC[C@@H](N(C)C)C2)cc1.CCCC(=O)CN(C)S(=O)(=O)c1c(C)cc(OC)cc1C. The van der Waals surface area contributed by atoms with Gasteiger partial charge in [0.2, 0.25) is 15.9 Å². The molecule has 2 aromatic carbocycles. The van der Waals surface area contributed by atoms with Crippen molar-refractivity contribution >= 4 is 27.4 Å². The highest BCUT2D eigenvalue weighted by molar-refractivity contribution is 7.89. The first kappa shape index (κ1) is 34.3. The number of methoxy groups -OCH3 is 1. The van der Waals surface area contributed by atoms with Crippen LogP contribution >= 0.6 is 0 Å². The van der Waals surface area contributed by atoms with Crippen molar-refractivity contribution in [1.29, 1.82) is 0 Å². The summed E-state index contributed by atoms with van der Waals surface area (Å²) in [4.78, 5) is 29.6. The van der Waals surface area contributed by atoms with E-state index in [9.17, 15) is 18.0 Å². The van der Waals surface area contributed by atoms with Crippen molar-refractivity contribution < 1.29 is 22.7 Å². The molecule has 0 saturated carbocycles. The van der Waals surface area contributed by atoms with Crippen LogP contribution in [0.4, 0.5) is 5.69 Å². The van der Waals surface area contributed by atoms with Crippen LogP contribution in [-0.4, -0.2) is 95.2 Å². The van der Waals surface area contributed by atoms with Gasteiger partial charge in [-0.3, -0.25) is 9.59 Å². The molecule has 1 heterocycles. The second-order valence-corrected chi connectivity index (χ2v) is 13.0. The molecule has 0 bridgehead atoms. The highest BCUT2D eigenvalue weighted by atomic mass is 32.2. The summed E-state index contributed by atoms with van der Waals surface area (Å²) >= 11 is 0. The number of anilines is 1. The number of carbonyl (C=O) groups excluding carboxylic acids is 2. The molecule has 1 fully saturated rings. The normalized spacial score (nSPS) is 15.1. The molecule has 1 amide bonds. The molecule has 228 valence electrons. The van der Waals surface area contributed by atoms with Gasteiger partial charge in [-0.25, -0.2) is 8.42 Å². The summed E-state index contributed by atoms with van der Waals surface area (Å²) in [6, 6.07) is 12.6. The third-order valence-electron chi connectivity index (χ3n) is 7.42. The minimum Gasteiger partial charge on any atom is -0.497 e. The van der Waals surface area contributed by atoms with E-state index in [-0.39, 0.29) is 23.1 Å². The van der Waals surface area contributed by atoms with Crippen molar-refractivity contribution in [1.82, 2.24) is 14.1 Å². The molecule has 2 aromatic rings. The van der Waals surface area contributed by atoms with E-state index in [1.54, 1.807) is 37.8 Å². The molecular weight excluding hydrogens is 540 g/mol. The first-order valence-corrected chi connectivity index (χ1v) is 15.5. The van der Waals surface area contributed by atoms with Gasteiger partial charge in [-0.05, 0) is 81.7 Å². The van der Waals surface area contributed by atoms with Gasteiger partial charge in [-0.2, -0.15) is 4.31 Å². The van der Waals surface area contributed by atoms with E-state index in [1.807, 2.05) is 14.0 Å². The van der Waals surface area contributed by atoms with E-state index in [0.29, 0.717) is 42.3 Å². The van der Waals surface area contributed by atoms with Gasteiger partial charge < -0.3 is 19.4 Å². The van der Waals surface area contributed by atoms with Crippen LogP contribution in [-0.2, 0) is 26.2 Å². The van der Waals surface area contributed by atoms with Crippen LogP contribution in [0.3, 0.4) is 0 Å². The number of hydrogen-bond donors (Lipinski definition) is 0. The third-order valence-corrected chi connectivity index (χ3v) is 9.53. The molecule has 3 rings (SSSR count). The van der Waals surface area contributed by atoms with Crippen LogP contribution in [0.2, 0.25) is 0 Å². The maximum Gasteiger partial charge on any atom is 0.243 e. The number of hydrogen-bond acceptors (Lipinski definition) is 7. The molecule has 1 aliphatic heterocycles. The maximum absolute atomic E-state index is 12.6. The molecule has 0 spiro atoms. The first-order valence-electron chi connectivity index (χ1n) is 14.1. The Morgan fingerprint density at radius 2 is 1.61 bits per heavy atom. The molecular formula is C31H48N4O5S. The van der Waals surface area contributed by atoms with E-state index < -0.39 is 10.0 Å². The zero-order valence-electron chi connectivity index (χ0n) is 26.2. The molecule has 0 N–H and O–H groups in total. The number of rotatable bonds is 11. The van der Waals surface area contributed by atoms with Crippen LogP contribution < -0.4 is 9.64 Å². The number of nitrogens with zero attached hydrogens (tertiary/aromatic N) is 4. The Morgan fingerprint density at radius 1 is 1.02 bits per heavy atom. The van der Waals surface area contributed by atoms with Crippen LogP contribution in [0.5, 0.6) is 5.75 Å². The highest BCUT2D eigenvalue weighted by Crippen LogP contribution is 2.28. The summed E-state index contributed by atoms with van der Waals surface area (Å²) in [5.41, 5.74) is 3.68. The number of likely N-dealkylation sites (N-methyl/N-ethyl adjacent to an activating group) is 2. The fourth-order valence-electron chi connectivity index (χ4n) is 4.88. The highest BCUT2D eigenvalue weighted by Gasteiger charge is 2.27. The molecule has 0 radical (unpaired) electrons. The number of ether oxygens (including phenoxy) is 1. The summed E-state index contributed by atoms with van der Waals surface area (Å²) in [6.07, 6.45) is 2.33. The molecule has 9 nitrogen and oxygen atoms in total. The van der Waals surface area contributed by atoms with Gasteiger partial charge in [0.15, 0.2) is 0 Å². The van der Waals surface area contributed by atoms with Crippen LogP contribution in [0.25, 0.3) is 0 Å². The lowest BCUT2D eigenvalue weighted by atomic mass is 10.1. The van der Waals surface area contributed by atoms with Crippen molar-refractivity contribution in [2.75, 3.05) is 59.8 Å². The van der Waals surface area contributed by atoms with Gasteiger partial charge in [0, 0.05) is 58.8 Å². The Kier molecular flexibility index (Phi) is 12.8. The predicted octanol–water partition coefficient (Wildman–Crippen LogP) is 4.11. The topological polar surface area (TPSA) is 90.5 Å². The number of carbonyl (C=O) groups is 2. The molecule has 1 atom stereocenters. The fourth-order valence-corrected chi connectivity index (χ4v) is 6.43. The number of ketones is 1. The van der Waals surface area contributed by atoms with Gasteiger partial charge in [0.1, 0.15) is 11.5 Å². The van der Waals surface area contributed by atoms with Crippen molar-refractivity contribution in [3.05, 3.63) is 53.1 Å². The summed E-state index contributed by atoms with van der Waals surface area (Å²) < 4.78 is 31.5. The first-order chi connectivity index (χ1) is 19.2. The lowest BCUT2D eigenvalue weighted by Gasteiger charge is -2.22. The third kappa shape index (κ3) is 9.55. The molecule has 1 aliphatic rings. The number of aryl methyl sites for hydroxylation is 2. The van der Waals surface area contributed by atoms with Gasteiger partial charge in [0.25, 0.3) is 0 Å². The zero-order chi connectivity index (χ0) is 30.9. The standard InChI is InChI=1S/C16H25N3O.C15H23NO4S/c1-13(20)18(4)11-14-5-7-15(8-6-14)19-10-9-16(12-19)17(2)3;1-6-7-13(17)10-16(4)21(18,19)15-11(2)8-14(20-5)9-12(15)3/h5-8,16H,9-12H2,1-4H3;8-9H,6-7,10H2,1-5H3/t16-;/m1./s1. The minimum atomic E-state index is -3.68. The molecule has 0 aromatic heterocycles. The Hall–Kier alpha value is -2.95. The average Bonchev–Trinajstić information content (AvgIpc) is 3.40. The molecule has 0 unspecified atom stereocenters. The van der Waals surface area contributed by atoms with E-state index in [1.165, 1.54) is 31.8 Å². The molecule has 10 heteroatoms. The fraction of sp³-hybridized carbons (Fsp3) is 0.548. The van der Waals surface area contributed by atoms with Crippen molar-refractivity contribution in [3.8, 4) is 5.75 Å². The average molecular weight is 589 g/mol. The molecule has 0 aliphatic carbocycles. The second kappa shape index (κ2) is 15.3. The van der Waals surface area contributed by atoms with E-state index >= 15 is 0 Å². The largest absolute Gasteiger partial charge is 0.497 e. The lowest BCUT2D eigenvalue weighted by molar-refractivity contribution is -0.128. The van der Waals surface area contributed by atoms with Crippen LogP contribution in [0.15, 0.2) is 41.3 Å². The van der Waals surface area contributed by atoms with E-state index in [2.05, 4.69) is 48.2 Å². The van der Waals surface area contributed by atoms with Crippen molar-refractivity contribution in [2.24, 2.45) is 0 Å². The summed E-state index contributed by atoms with van der Waals surface area (Å²) in [6.45, 7) is 9.74. The van der Waals surface area contributed by atoms with Gasteiger partial charge in [-0.1, -0.05) is 19.1 Å². The van der Waals surface area contributed by atoms with Crippen LogP contribution in [0, 0.1) is 13.8 Å². The predicted molar refractivity (Wildman–Crippen MR) is 165 cm³/mol. The number of sulfonamides is 1. The summed E-state index contributed by atoms with van der Waals surface area (Å²) in [7, 11) is 5.42. The van der Waals surface area contributed by atoms with Gasteiger partial charge in [0.05, 0.1) is 18.6 Å². The number of benzene rings is 2. The quantitative estimate of drug-likeness (QED) is 0.390.